The van der Waals surface area contributed by atoms with Crippen molar-refractivity contribution in [2.24, 2.45) is 22.7 Å². The van der Waals surface area contributed by atoms with Crippen LogP contribution in [-0.4, -0.2) is 95.4 Å². The van der Waals surface area contributed by atoms with Gasteiger partial charge in [0.05, 0.1) is 19.7 Å². The third kappa shape index (κ3) is 6.05. The lowest BCUT2D eigenvalue weighted by Gasteiger charge is -2.39. The van der Waals surface area contributed by atoms with Crippen LogP contribution in [0.25, 0.3) is 0 Å². The Morgan fingerprint density at radius 2 is 1.16 bits per heavy atom. The summed E-state index contributed by atoms with van der Waals surface area (Å²) in [7, 11) is 0. The second-order valence-corrected chi connectivity index (χ2v) is 12.4. The molecule has 0 aromatic heterocycles. The van der Waals surface area contributed by atoms with Crippen molar-refractivity contribution in [2.75, 3.05) is 32.8 Å². The predicted molar refractivity (Wildman–Crippen MR) is 120 cm³/mol. The number of hydrogen-bond acceptors (Lipinski definition) is 4. The van der Waals surface area contributed by atoms with Gasteiger partial charge in [-0.05, 0) is 24.7 Å². The fourth-order valence-electron chi connectivity index (χ4n) is 4.85. The quantitative estimate of drug-likeness (QED) is 0.486. The summed E-state index contributed by atoms with van der Waals surface area (Å²) in [5.41, 5.74) is -9.30. The zero-order chi connectivity index (χ0) is 29.9. The molecule has 38 heavy (non-hydrogen) atoms. The Bertz CT molecular complexity index is 899. The van der Waals surface area contributed by atoms with Gasteiger partial charge in [-0.3, -0.25) is 9.59 Å². The zero-order valence-corrected chi connectivity index (χ0v) is 22.4. The number of amides is 2. The monoisotopic (exact) mass is 568 g/mol. The number of aliphatic hydroxyl groups is 1. The Labute approximate surface area is 216 Å². The average molecular weight is 569 g/mol. The van der Waals surface area contributed by atoms with E-state index in [-0.39, 0.29) is 13.5 Å². The Hall–Kier alpha value is -1.70. The van der Waals surface area contributed by atoms with Crippen LogP contribution in [0.1, 0.15) is 48.5 Å². The second-order valence-electron chi connectivity index (χ2n) is 12.4. The average Bonchev–Trinajstić information content (AvgIpc) is 3.32. The Morgan fingerprint density at radius 1 is 0.737 bits per heavy atom. The number of likely N-dealkylation sites (tertiary alicyclic amines) is 2. The molecule has 2 aliphatic rings. The van der Waals surface area contributed by atoms with Crippen molar-refractivity contribution >= 4 is 11.8 Å². The van der Waals surface area contributed by atoms with Gasteiger partial charge < -0.3 is 19.6 Å². The van der Waals surface area contributed by atoms with Gasteiger partial charge in [-0.1, -0.05) is 34.6 Å². The van der Waals surface area contributed by atoms with Crippen LogP contribution in [0.3, 0.4) is 0 Å². The fraction of sp³-hybridized carbons (Fsp3) is 0.917. The molecule has 2 aliphatic heterocycles. The minimum atomic E-state index is -5.33. The SMILES string of the molecule is CC(C)(C)C1CN(C(=O)C(C)(OCC(C)(C)C2CN(C(=O)C(C)(O)C(F)(F)F)CC2F)C(F)(F)F)CC1F. The third-order valence-corrected chi connectivity index (χ3v) is 7.84. The molecule has 0 aromatic carbocycles. The minimum Gasteiger partial charge on any atom is -0.373 e. The van der Waals surface area contributed by atoms with E-state index in [0.717, 1.165) is 4.90 Å². The van der Waals surface area contributed by atoms with E-state index in [0.29, 0.717) is 11.8 Å². The molecule has 14 heteroatoms. The van der Waals surface area contributed by atoms with Crippen molar-refractivity contribution in [3.8, 4) is 0 Å². The van der Waals surface area contributed by atoms with Crippen LogP contribution >= 0.6 is 0 Å². The van der Waals surface area contributed by atoms with Gasteiger partial charge >= 0.3 is 12.4 Å². The molecule has 2 amide bonds. The van der Waals surface area contributed by atoms with Crippen LogP contribution in [0.15, 0.2) is 0 Å². The molecule has 6 unspecified atom stereocenters. The van der Waals surface area contributed by atoms with Crippen molar-refractivity contribution in [3.05, 3.63) is 0 Å². The molecule has 6 nitrogen and oxygen atoms in total. The number of nitrogens with zero attached hydrogens (tertiary/aromatic N) is 2. The highest BCUT2D eigenvalue weighted by Gasteiger charge is 2.62. The third-order valence-electron chi connectivity index (χ3n) is 7.84. The lowest BCUT2D eigenvalue weighted by Crippen LogP contribution is -2.58. The minimum absolute atomic E-state index is 0.231. The van der Waals surface area contributed by atoms with Crippen LogP contribution in [0.2, 0.25) is 0 Å². The first-order chi connectivity index (χ1) is 16.8. The molecular formula is C24H36F8N2O4. The van der Waals surface area contributed by atoms with E-state index < -0.39 is 96.6 Å². The second kappa shape index (κ2) is 10.0. The van der Waals surface area contributed by atoms with Crippen molar-refractivity contribution in [1.82, 2.24) is 9.80 Å². The molecule has 222 valence electrons. The Kier molecular flexibility index (Phi) is 8.59. The van der Waals surface area contributed by atoms with E-state index in [1.807, 2.05) is 0 Å². The number of hydrogen-bond donors (Lipinski definition) is 1. The number of carbonyl (C=O) groups is 2. The Morgan fingerprint density at radius 3 is 1.55 bits per heavy atom. The highest BCUT2D eigenvalue weighted by Crippen LogP contribution is 2.44. The van der Waals surface area contributed by atoms with E-state index in [4.69, 9.17) is 4.74 Å². The van der Waals surface area contributed by atoms with E-state index >= 15 is 0 Å². The predicted octanol–water partition coefficient (Wildman–Crippen LogP) is 4.30. The van der Waals surface area contributed by atoms with Crippen molar-refractivity contribution in [3.63, 3.8) is 0 Å². The molecule has 0 aromatic rings. The number of carbonyl (C=O) groups excluding carboxylic acids is 2. The van der Waals surface area contributed by atoms with Gasteiger partial charge in [0.15, 0.2) is 0 Å². The summed E-state index contributed by atoms with van der Waals surface area (Å²) in [6.07, 6.45) is -14.0. The van der Waals surface area contributed by atoms with Crippen LogP contribution in [0.4, 0.5) is 35.1 Å². The molecule has 2 heterocycles. The van der Waals surface area contributed by atoms with Gasteiger partial charge in [-0.25, -0.2) is 8.78 Å². The molecular weight excluding hydrogens is 532 g/mol. The maximum absolute atomic E-state index is 14.9. The lowest BCUT2D eigenvalue weighted by atomic mass is 9.78. The highest BCUT2D eigenvalue weighted by atomic mass is 19.4. The molecule has 0 bridgehead atoms. The number of rotatable bonds is 6. The summed E-state index contributed by atoms with van der Waals surface area (Å²) in [6, 6.07) is 0. The first kappa shape index (κ1) is 32.5. The number of ether oxygens (including phenoxy) is 1. The molecule has 0 spiro atoms. The first-order valence-electron chi connectivity index (χ1n) is 12.1. The molecule has 0 radical (unpaired) electrons. The smallest absolute Gasteiger partial charge is 0.373 e. The summed E-state index contributed by atoms with van der Waals surface area (Å²) in [4.78, 5) is 26.5. The van der Waals surface area contributed by atoms with Gasteiger partial charge in [0, 0.05) is 24.9 Å². The van der Waals surface area contributed by atoms with Crippen LogP contribution < -0.4 is 0 Å². The largest absolute Gasteiger partial charge is 0.426 e. The summed E-state index contributed by atoms with van der Waals surface area (Å²) in [6.45, 7) is 5.35. The summed E-state index contributed by atoms with van der Waals surface area (Å²) >= 11 is 0. The topological polar surface area (TPSA) is 70.1 Å². The van der Waals surface area contributed by atoms with E-state index in [1.165, 1.54) is 13.8 Å². The molecule has 2 saturated heterocycles. The molecule has 6 atom stereocenters. The highest BCUT2D eigenvalue weighted by molar-refractivity contribution is 5.86. The van der Waals surface area contributed by atoms with Gasteiger partial charge in [0.1, 0.15) is 12.3 Å². The fourth-order valence-corrected chi connectivity index (χ4v) is 4.85. The summed E-state index contributed by atoms with van der Waals surface area (Å²) in [5, 5.41) is 9.65. The van der Waals surface area contributed by atoms with E-state index in [9.17, 15) is 49.8 Å². The molecule has 2 fully saturated rings. The number of alkyl halides is 8. The zero-order valence-electron chi connectivity index (χ0n) is 22.4. The number of halogens is 8. The molecule has 0 saturated carbocycles. The van der Waals surface area contributed by atoms with Crippen LogP contribution in [0, 0.1) is 22.7 Å². The van der Waals surface area contributed by atoms with Crippen LogP contribution in [-0.2, 0) is 14.3 Å². The molecule has 2 rings (SSSR count). The summed E-state index contributed by atoms with van der Waals surface area (Å²) < 4.78 is 116. The normalized spacial score (nSPS) is 28.8. The van der Waals surface area contributed by atoms with Crippen molar-refractivity contribution in [2.45, 2.75) is 84.4 Å². The van der Waals surface area contributed by atoms with Crippen molar-refractivity contribution < 1.29 is 54.6 Å². The first-order valence-corrected chi connectivity index (χ1v) is 12.1. The standard InChI is InChI=1S/C24H36F8N2O4/c1-19(2,3)13-8-34(10-15(13)25)18(36)22(7,24(30,31)32)38-12-20(4,5)14-9-33(11-16(14)26)17(35)21(6,37)23(27,28)29/h13-16,37H,8-12H2,1-7H3. The van der Waals surface area contributed by atoms with Crippen LogP contribution in [0.5, 0.6) is 0 Å². The van der Waals surface area contributed by atoms with Gasteiger partial charge in [0.25, 0.3) is 11.8 Å². The summed E-state index contributed by atoms with van der Waals surface area (Å²) in [5.74, 6) is -5.26. The van der Waals surface area contributed by atoms with Crippen molar-refractivity contribution in [1.29, 1.82) is 0 Å². The van der Waals surface area contributed by atoms with Gasteiger partial charge in [-0.2, -0.15) is 26.3 Å². The Balaban J connectivity index is 2.21. The van der Waals surface area contributed by atoms with E-state index in [2.05, 4.69) is 0 Å². The lowest BCUT2D eigenvalue weighted by molar-refractivity contribution is -0.272. The molecule has 0 aliphatic carbocycles. The van der Waals surface area contributed by atoms with Gasteiger partial charge in [0.2, 0.25) is 11.2 Å². The van der Waals surface area contributed by atoms with Gasteiger partial charge in [-0.15, -0.1) is 0 Å². The maximum atomic E-state index is 14.9. The van der Waals surface area contributed by atoms with E-state index in [1.54, 1.807) is 20.8 Å². The maximum Gasteiger partial charge on any atom is 0.426 e. The molecule has 1 N–H and O–H groups in total.